The standard InChI is InChI=1S/C18H28N2O3/c1-18(2,3)23-17(21)20-11-6-5-9-15(20)13-19-14-8-7-10-16(12-14)22-4/h7-8,10,12,15,19H,5-6,9,11,13H2,1-4H3. The molecule has 0 saturated carbocycles. The molecule has 1 fully saturated rings. The zero-order chi connectivity index (χ0) is 16.9. The molecule has 0 radical (unpaired) electrons. The summed E-state index contributed by atoms with van der Waals surface area (Å²) < 4.78 is 10.8. The fourth-order valence-corrected chi connectivity index (χ4v) is 2.74. The van der Waals surface area contributed by atoms with E-state index in [-0.39, 0.29) is 12.1 Å². The van der Waals surface area contributed by atoms with E-state index in [0.717, 1.165) is 37.2 Å². The quantitative estimate of drug-likeness (QED) is 0.914. The lowest BCUT2D eigenvalue weighted by Gasteiger charge is -2.37. The molecule has 0 aliphatic carbocycles. The Hall–Kier alpha value is -1.91. The highest BCUT2D eigenvalue weighted by molar-refractivity contribution is 5.68. The summed E-state index contributed by atoms with van der Waals surface area (Å²) in [6.45, 7) is 7.18. The highest BCUT2D eigenvalue weighted by atomic mass is 16.6. The van der Waals surface area contributed by atoms with E-state index in [1.807, 2.05) is 49.9 Å². The molecule has 1 aliphatic rings. The number of rotatable bonds is 4. The predicted molar refractivity (Wildman–Crippen MR) is 92.1 cm³/mol. The summed E-state index contributed by atoms with van der Waals surface area (Å²) in [5.41, 5.74) is 0.540. The third-order valence-corrected chi connectivity index (χ3v) is 3.87. The summed E-state index contributed by atoms with van der Waals surface area (Å²) >= 11 is 0. The van der Waals surface area contributed by atoms with Crippen molar-refractivity contribution in [2.45, 2.75) is 51.7 Å². The van der Waals surface area contributed by atoms with Crippen LogP contribution in [-0.4, -0.2) is 42.8 Å². The second-order valence-electron chi connectivity index (χ2n) is 6.94. The van der Waals surface area contributed by atoms with Crippen molar-refractivity contribution in [2.75, 3.05) is 25.5 Å². The van der Waals surface area contributed by atoms with Crippen molar-refractivity contribution < 1.29 is 14.3 Å². The molecule has 23 heavy (non-hydrogen) atoms. The molecule has 1 aromatic rings. The van der Waals surface area contributed by atoms with Gasteiger partial charge in [0.2, 0.25) is 0 Å². The number of hydrogen-bond donors (Lipinski definition) is 1. The van der Waals surface area contributed by atoms with Gasteiger partial charge in [-0.15, -0.1) is 0 Å². The van der Waals surface area contributed by atoms with E-state index in [1.165, 1.54) is 0 Å². The van der Waals surface area contributed by atoms with Crippen LogP contribution in [0.15, 0.2) is 24.3 Å². The molecule has 1 atom stereocenters. The first-order valence-electron chi connectivity index (χ1n) is 8.26. The van der Waals surface area contributed by atoms with Gasteiger partial charge in [-0.1, -0.05) is 6.07 Å². The lowest BCUT2D eigenvalue weighted by Crippen LogP contribution is -2.48. The van der Waals surface area contributed by atoms with Gasteiger partial charge >= 0.3 is 6.09 Å². The highest BCUT2D eigenvalue weighted by Gasteiger charge is 2.30. The van der Waals surface area contributed by atoms with Crippen LogP contribution in [0.5, 0.6) is 5.75 Å². The van der Waals surface area contributed by atoms with Crippen LogP contribution in [-0.2, 0) is 4.74 Å². The normalized spacial score (nSPS) is 18.4. The lowest BCUT2D eigenvalue weighted by atomic mass is 10.0. The molecule has 1 amide bonds. The Bertz CT molecular complexity index is 525. The topological polar surface area (TPSA) is 50.8 Å². The average molecular weight is 320 g/mol. The van der Waals surface area contributed by atoms with Crippen molar-refractivity contribution in [1.82, 2.24) is 4.90 Å². The SMILES string of the molecule is COc1cccc(NCC2CCCCN2C(=O)OC(C)(C)C)c1. The van der Waals surface area contributed by atoms with E-state index in [0.29, 0.717) is 6.54 Å². The number of amides is 1. The minimum Gasteiger partial charge on any atom is -0.497 e. The monoisotopic (exact) mass is 320 g/mol. The molecule has 0 spiro atoms. The molecule has 128 valence electrons. The summed E-state index contributed by atoms with van der Waals surface area (Å²) in [5.74, 6) is 0.822. The van der Waals surface area contributed by atoms with Crippen LogP contribution in [0.4, 0.5) is 10.5 Å². The van der Waals surface area contributed by atoms with E-state index >= 15 is 0 Å². The van der Waals surface area contributed by atoms with Crippen LogP contribution < -0.4 is 10.1 Å². The van der Waals surface area contributed by atoms with Crippen LogP contribution >= 0.6 is 0 Å². The number of anilines is 1. The Morgan fingerprint density at radius 2 is 2.13 bits per heavy atom. The average Bonchev–Trinajstić information content (AvgIpc) is 2.52. The van der Waals surface area contributed by atoms with Crippen LogP contribution in [0.2, 0.25) is 0 Å². The van der Waals surface area contributed by atoms with Crippen molar-refractivity contribution in [3.63, 3.8) is 0 Å². The zero-order valence-corrected chi connectivity index (χ0v) is 14.6. The number of piperidine rings is 1. The van der Waals surface area contributed by atoms with Crippen molar-refractivity contribution in [3.8, 4) is 5.75 Å². The van der Waals surface area contributed by atoms with Gasteiger partial charge in [0, 0.05) is 24.8 Å². The minimum atomic E-state index is -0.459. The Balaban J connectivity index is 1.96. The van der Waals surface area contributed by atoms with E-state index in [4.69, 9.17) is 9.47 Å². The first-order chi connectivity index (χ1) is 10.9. The maximum absolute atomic E-state index is 12.4. The fraction of sp³-hybridized carbons (Fsp3) is 0.611. The van der Waals surface area contributed by atoms with Crippen molar-refractivity contribution in [1.29, 1.82) is 0 Å². The van der Waals surface area contributed by atoms with Crippen LogP contribution in [0.1, 0.15) is 40.0 Å². The van der Waals surface area contributed by atoms with Gasteiger partial charge in [0.1, 0.15) is 11.4 Å². The first-order valence-corrected chi connectivity index (χ1v) is 8.26. The number of nitrogens with one attached hydrogen (secondary N) is 1. The number of ether oxygens (including phenoxy) is 2. The summed E-state index contributed by atoms with van der Waals surface area (Å²) in [6.07, 6.45) is 2.96. The molecule has 1 aromatic carbocycles. The third kappa shape index (κ3) is 5.34. The Labute approximate surface area is 139 Å². The van der Waals surface area contributed by atoms with Gasteiger partial charge in [-0.3, -0.25) is 0 Å². The summed E-state index contributed by atoms with van der Waals surface area (Å²) in [7, 11) is 1.66. The molecule has 1 N–H and O–H groups in total. The third-order valence-electron chi connectivity index (χ3n) is 3.87. The van der Waals surface area contributed by atoms with E-state index in [9.17, 15) is 4.79 Å². The largest absolute Gasteiger partial charge is 0.497 e. The number of benzene rings is 1. The smallest absolute Gasteiger partial charge is 0.410 e. The van der Waals surface area contributed by atoms with Gasteiger partial charge in [-0.25, -0.2) is 4.79 Å². The number of nitrogens with zero attached hydrogens (tertiary/aromatic N) is 1. The number of carbonyl (C=O) groups excluding carboxylic acids is 1. The lowest BCUT2D eigenvalue weighted by molar-refractivity contribution is 0.0114. The Kier molecular flexibility index (Phi) is 5.74. The molecule has 2 rings (SSSR count). The van der Waals surface area contributed by atoms with Gasteiger partial charge in [0.25, 0.3) is 0 Å². The molecule has 0 bridgehead atoms. The number of carbonyl (C=O) groups is 1. The van der Waals surface area contributed by atoms with Gasteiger partial charge < -0.3 is 19.7 Å². The van der Waals surface area contributed by atoms with Crippen LogP contribution in [0.3, 0.4) is 0 Å². The summed E-state index contributed by atoms with van der Waals surface area (Å²) in [4.78, 5) is 14.3. The van der Waals surface area contributed by atoms with Crippen molar-refractivity contribution in [3.05, 3.63) is 24.3 Å². The highest BCUT2D eigenvalue weighted by Crippen LogP contribution is 2.22. The molecule has 1 aliphatic heterocycles. The summed E-state index contributed by atoms with van der Waals surface area (Å²) in [5, 5.41) is 3.41. The predicted octanol–water partition coefficient (Wildman–Crippen LogP) is 3.90. The van der Waals surface area contributed by atoms with E-state index in [2.05, 4.69) is 5.32 Å². The number of hydrogen-bond acceptors (Lipinski definition) is 4. The second-order valence-corrected chi connectivity index (χ2v) is 6.94. The van der Waals surface area contributed by atoms with E-state index in [1.54, 1.807) is 7.11 Å². The number of methoxy groups -OCH3 is 1. The molecule has 0 aromatic heterocycles. The maximum atomic E-state index is 12.4. The fourth-order valence-electron chi connectivity index (χ4n) is 2.74. The Morgan fingerprint density at radius 3 is 2.83 bits per heavy atom. The van der Waals surface area contributed by atoms with Gasteiger partial charge in [0.05, 0.1) is 13.2 Å². The molecule has 1 unspecified atom stereocenters. The molecule has 1 saturated heterocycles. The van der Waals surface area contributed by atoms with Gasteiger partial charge in [0.15, 0.2) is 0 Å². The molecule has 5 heteroatoms. The minimum absolute atomic E-state index is 0.157. The summed E-state index contributed by atoms with van der Waals surface area (Å²) in [6, 6.07) is 7.99. The zero-order valence-electron chi connectivity index (χ0n) is 14.6. The van der Waals surface area contributed by atoms with Crippen molar-refractivity contribution >= 4 is 11.8 Å². The van der Waals surface area contributed by atoms with Crippen LogP contribution in [0.25, 0.3) is 0 Å². The molecule has 5 nitrogen and oxygen atoms in total. The molecular formula is C18H28N2O3. The van der Waals surface area contributed by atoms with Gasteiger partial charge in [-0.2, -0.15) is 0 Å². The van der Waals surface area contributed by atoms with Gasteiger partial charge in [-0.05, 0) is 52.2 Å². The first kappa shape index (κ1) is 17.4. The maximum Gasteiger partial charge on any atom is 0.410 e. The number of likely N-dealkylation sites (tertiary alicyclic amines) is 1. The molecule has 1 heterocycles. The Morgan fingerprint density at radius 1 is 1.35 bits per heavy atom. The van der Waals surface area contributed by atoms with Crippen LogP contribution in [0, 0.1) is 0 Å². The second kappa shape index (κ2) is 7.57. The molecular weight excluding hydrogens is 292 g/mol. The van der Waals surface area contributed by atoms with Crippen molar-refractivity contribution in [2.24, 2.45) is 0 Å². The van der Waals surface area contributed by atoms with E-state index < -0.39 is 5.60 Å².